The highest BCUT2D eigenvalue weighted by molar-refractivity contribution is 5.86. The van der Waals surface area contributed by atoms with Gasteiger partial charge in [-0.1, -0.05) is 13.0 Å². The number of carbonyl (C=O) groups excluding carboxylic acids is 1. The van der Waals surface area contributed by atoms with E-state index in [2.05, 4.69) is 4.98 Å². The van der Waals surface area contributed by atoms with Crippen LogP contribution in [0.25, 0.3) is 16.9 Å². The number of nitrogens with zero attached hydrogens (tertiary/aromatic N) is 2. The van der Waals surface area contributed by atoms with Crippen LogP contribution >= 0.6 is 0 Å². The summed E-state index contributed by atoms with van der Waals surface area (Å²) in [6, 6.07) is 11.2. The van der Waals surface area contributed by atoms with Gasteiger partial charge in [0, 0.05) is 11.8 Å². The molecule has 0 atom stereocenters. The van der Waals surface area contributed by atoms with Crippen LogP contribution < -0.4 is 10.5 Å². The summed E-state index contributed by atoms with van der Waals surface area (Å²) >= 11 is 0. The summed E-state index contributed by atoms with van der Waals surface area (Å²) in [6.07, 6.45) is 3.57. The van der Waals surface area contributed by atoms with Crippen molar-refractivity contribution in [3.63, 3.8) is 0 Å². The van der Waals surface area contributed by atoms with Crippen LogP contribution in [0.5, 0.6) is 5.75 Å². The zero-order valence-electron chi connectivity index (χ0n) is 12.3. The van der Waals surface area contributed by atoms with Crippen molar-refractivity contribution >= 4 is 17.5 Å². The zero-order chi connectivity index (χ0) is 15.5. The van der Waals surface area contributed by atoms with Gasteiger partial charge in [0.05, 0.1) is 17.8 Å². The second kappa shape index (κ2) is 5.89. The topological polar surface area (TPSA) is 69.6 Å². The minimum Gasteiger partial charge on any atom is -0.491 e. The van der Waals surface area contributed by atoms with Crippen LogP contribution in [0.1, 0.15) is 23.8 Å². The Hall–Kier alpha value is -2.82. The number of nitrogen functional groups attached to an aromatic ring is 1. The van der Waals surface area contributed by atoms with Gasteiger partial charge in [0.15, 0.2) is 6.29 Å². The number of imidazole rings is 1. The van der Waals surface area contributed by atoms with E-state index in [1.54, 1.807) is 0 Å². The molecular formula is C17H17N3O2. The fourth-order valence-electron chi connectivity index (χ4n) is 2.38. The number of fused-ring (bicyclic) bond motifs is 1. The van der Waals surface area contributed by atoms with Gasteiger partial charge in [-0.15, -0.1) is 0 Å². The Labute approximate surface area is 128 Å². The zero-order valence-corrected chi connectivity index (χ0v) is 12.3. The van der Waals surface area contributed by atoms with Crippen molar-refractivity contribution in [3.8, 4) is 17.1 Å². The first kappa shape index (κ1) is 14.1. The van der Waals surface area contributed by atoms with Crippen LogP contribution in [0.15, 0.2) is 42.6 Å². The van der Waals surface area contributed by atoms with Crippen molar-refractivity contribution < 1.29 is 9.53 Å². The number of hydrogen-bond donors (Lipinski definition) is 1. The van der Waals surface area contributed by atoms with Crippen LogP contribution in [0.2, 0.25) is 0 Å². The fourth-order valence-corrected chi connectivity index (χ4v) is 2.38. The number of aldehydes is 1. The van der Waals surface area contributed by atoms with E-state index in [0.717, 1.165) is 23.8 Å². The van der Waals surface area contributed by atoms with Gasteiger partial charge in [0.2, 0.25) is 0 Å². The molecule has 0 amide bonds. The van der Waals surface area contributed by atoms with E-state index in [9.17, 15) is 4.79 Å². The van der Waals surface area contributed by atoms with Crippen LogP contribution in [0.3, 0.4) is 0 Å². The third-order valence-corrected chi connectivity index (χ3v) is 3.42. The van der Waals surface area contributed by atoms with Gasteiger partial charge in [0.25, 0.3) is 0 Å². The van der Waals surface area contributed by atoms with E-state index in [4.69, 9.17) is 10.5 Å². The highest BCUT2D eigenvalue weighted by Crippen LogP contribution is 2.29. The summed E-state index contributed by atoms with van der Waals surface area (Å²) in [5, 5.41) is 0. The van der Waals surface area contributed by atoms with E-state index >= 15 is 0 Å². The number of pyridine rings is 1. The molecule has 0 aliphatic carbocycles. The molecule has 5 heteroatoms. The number of nitrogens with two attached hydrogens (primary N) is 1. The molecule has 0 bridgehead atoms. The Bertz CT molecular complexity index is 824. The molecule has 2 heterocycles. The Morgan fingerprint density at radius 3 is 2.91 bits per heavy atom. The predicted molar refractivity (Wildman–Crippen MR) is 86.2 cm³/mol. The minimum atomic E-state index is 0.417. The lowest BCUT2D eigenvalue weighted by Gasteiger charge is -2.09. The molecule has 3 aromatic rings. The molecule has 0 spiro atoms. The summed E-state index contributed by atoms with van der Waals surface area (Å²) in [4.78, 5) is 15.6. The van der Waals surface area contributed by atoms with E-state index in [0.29, 0.717) is 29.6 Å². The highest BCUT2D eigenvalue weighted by Gasteiger charge is 2.13. The normalized spacial score (nSPS) is 10.8. The number of carbonyl (C=O) groups is 1. The second-order valence-electron chi connectivity index (χ2n) is 5.00. The van der Waals surface area contributed by atoms with E-state index < -0.39 is 0 Å². The molecular weight excluding hydrogens is 278 g/mol. The van der Waals surface area contributed by atoms with Crippen molar-refractivity contribution in [1.29, 1.82) is 0 Å². The van der Waals surface area contributed by atoms with Crippen LogP contribution in [0.4, 0.5) is 5.69 Å². The molecule has 0 unspecified atom stereocenters. The quantitative estimate of drug-likeness (QED) is 0.579. The first-order chi connectivity index (χ1) is 10.7. The largest absolute Gasteiger partial charge is 0.491 e. The smallest absolute Gasteiger partial charge is 0.170 e. The first-order valence-electron chi connectivity index (χ1n) is 7.19. The van der Waals surface area contributed by atoms with Crippen molar-refractivity contribution in [2.45, 2.75) is 13.3 Å². The lowest BCUT2D eigenvalue weighted by Crippen LogP contribution is -1.99. The first-order valence-corrected chi connectivity index (χ1v) is 7.19. The molecule has 0 saturated carbocycles. The van der Waals surface area contributed by atoms with Crippen molar-refractivity contribution in [2.75, 3.05) is 12.3 Å². The predicted octanol–water partition coefficient (Wildman–Crippen LogP) is 3.18. The average molecular weight is 295 g/mol. The standard InChI is InChI=1S/C17H17N3O2/c1-2-9-22-16-7-6-12(10-13(16)18)17-19-14(11-21)15-5-3-4-8-20(15)17/h3-8,10-11H,2,9,18H2,1H3. The Kier molecular flexibility index (Phi) is 3.78. The number of ether oxygens (including phenoxy) is 1. The van der Waals surface area contributed by atoms with Gasteiger partial charge >= 0.3 is 0 Å². The molecule has 2 N–H and O–H groups in total. The van der Waals surface area contributed by atoms with Crippen LogP contribution in [0, 0.1) is 0 Å². The molecule has 0 fully saturated rings. The van der Waals surface area contributed by atoms with E-state index in [1.165, 1.54) is 0 Å². The summed E-state index contributed by atoms with van der Waals surface area (Å²) in [5.74, 6) is 1.36. The minimum absolute atomic E-state index is 0.417. The fraction of sp³-hybridized carbons (Fsp3) is 0.176. The van der Waals surface area contributed by atoms with Gasteiger partial charge in [0.1, 0.15) is 17.3 Å². The molecule has 0 aliphatic rings. The van der Waals surface area contributed by atoms with Gasteiger partial charge < -0.3 is 10.5 Å². The van der Waals surface area contributed by atoms with Crippen molar-refractivity contribution in [1.82, 2.24) is 9.38 Å². The van der Waals surface area contributed by atoms with Crippen LogP contribution in [-0.2, 0) is 0 Å². The number of anilines is 1. The molecule has 0 aliphatic heterocycles. The van der Waals surface area contributed by atoms with Crippen molar-refractivity contribution in [3.05, 3.63) is 48.3 Å². The third-order valence-electron chi connectivity index (χ3n) is 3.42. The average Bonchev–Trinajstić information content (AvgIpc) is 2.92. The number of rotatable bonds is 5. The third kappa shape index (κ3) is 2.41. The maximum atomic E-state index is 11.2. The summed E-state index contributed by atoms with van der Waals surface area (Å²) in [6.45, 7) is 2.67. The molecule has 22 heavy (non-hydrogen) atoms. The summed E-state index contributed by atoms with van der Waals surface area (Å²) in [7, 11) is 0. The van der Waals surface area contributed by atoms with E-state index in [-0.39, 0.29) is 0 Å². The number of aromatic nitrogens is 2. The maximum Gasteiger partial charge on any atom is 0.170 e. The Morgan fingerprint density at radius 1 is 1.32 bits per heavy atom. The van der Waals surface area contributed by atoms with Gasteiger partial charge in [-0.3, -0.25) is 9.20 Å². The second-order valence-corrected chi connectivity index (χ2v) is 5.00. The highest BCUT2D eigenvalue weighted by atomic mass is 16.5. The monoisotopic (exact) mass is 295 g/mol. The lowest BCUT2D eigenvalue weighted by atomic mass is 10.1. The van der Waals surface area contributed by atoms with Crippen molar-refractivity contribution in [2.24, 2.45) is 0 Å². The summed E-state index contributed by atoms with van der Waals surface area (Å²) in [5.41, 5.74) is 8.65. The number of hydrogen-bond acceptors (Lipinski definition) is 4. The molecule has 112 valence electrons. The van der Waals surface area contributed by atoms with Gasteiger partial charge in [-0.05, 0) is 36.8 Å². The molecule has 2 aromatic heterocycles. The lowest BCUT2D eigenvalue weighted by molar-refractivity contribution is 0.112. The van der Waals surface area contributed by atoms with E-state index in [1.807, 2.05) is 53.9 Å². The Morgan fingerprint density at radius 2 is 2.18 bits per heavy atom. The molecule has 0 saturated heterocycles. The van der Waals surface area contributed by atoms with Gasteiger partial charge in [-0.25, -0.2) is 4.98 Å². The molecule has 1 aromatic carbocycles. The Balaban J connectivity index is 2.08. The molecule has 3 rings (SSSR count). The number of benzene rings is 1. The molecule has 0 radical (unpaired) electrons. The van der Waals surface area contributed by atoms with Crippen LogP contribution in [-0.4, -0.2) is 22.3 Å². The maximum absolute atomic E-state index is 11.2. The SMILES string of the molecule is CCCOc1ccc(-c2nc(C=O)c3ccccn23)cc1N. The summed E-state index contributed by atoms with van der Waals surface area (Å²) < 4.78 is 7.46. The van der Waals surface area contributed by atoms with Gasteiger partial charge in [-0.2, -0.15) is 0 Å². The molecule has 5 nitrogen and oxygen atoms in total.